The van der Waals surface area contributed by atoms with E-state index in [1.165, 1.54) is 32.0 Å². The Morgan fingerprint density at radius 1 is 1.12 bits per heavy atom. The van der Waals surface area contributed by atoms with Crippen molar-refractivity contribution >= 4 is 29.5 Å². The number of thioether (sulfide) groups is 1. The fourth-order valence-corrected chi connectivity index (χ4v) is 2.29. The molecule has 0 spiro atoms. The van der Waals surface area contributed by atoms with Crippen molar-refractivity contribution in [3.63, 3.8) is 0 Å². The largest absolute Gasteiger partial charge is 0.493 e. The number of rotatable bonds is 10. The number of methoxy groups -OCH3 is 2. The standard InChI is InChI=1S/C15H20N2O6S/c1-22-11-4-3-10(7-12(11)23-2)15(21)17-8-13(18)16-5-6-24-9-14(19)20/h3-4,7H,5-6,8-9H2,1-2H3,(H,16,18)(H,17,21)(H,19,20). The first kappa shape index (κ1) is 19.6. The van der Waals surface area contributed by atoms with Crippen LogP contribution in [0, 0.1) is 0 Å². The highest BCUT2D eigenvalue weighted by molar-refractivity contribution is 7.99. The summed E-state index contributed by atoms with van der Waals surface area (Å²) in [7, 11) is 2.96. The summed E-state index contributed by atoms with van der Waals surface area (Å²) in [6.07, 6.45) is 0. The van der Waals surface area contributed by atoms with Crippen LogP contribution in [0.3, 0.4) is 0 Å². The first-order valence-electron chi connectivity index (χ1n) is 7.04. The molecule has 0 aliphatic carbocycles. The molecule has 0 fully saturated rings. The van der Waals surface area contributed by atoms with Gasteiger partial charge < -0.3 is 25.2 Å². The zero-order valence-electron chi connectivity index (χ0n) is 13.5. The van der Waals surface area contributed by atoms with Gasteiger partial charge in [0.05, 0.1) is 26.5 Å². The number of carbonyl (C=O) groups is 3. The number of hydrogen-bond acceptors (Lipinski definition) is 6. The van der Waals surface area contributed by atoms with Crippen molar-refractivity contribution in [1.82, 2.24) is 10.6 Å². The first-order valence-corrected chi connectivity index (χ1v) is 8.20. The summed E-state index contributed by atoms with van der Waals surface area (Å²) in [6, 6.07) is 4.69. The van der Waals surface area contributed by atoms with Crippen molar-refractivity contribution in [3.8, 4) is 11.5 Å². The second-order valence-electron chi connectivity index (χ2n) is 4.55. The molecule has 0 unspecified atom stereocenters. The van der Waals surface area contributed by atoms with E-state index in [2.05, 4.69) is 10.6 Å². The van der Waals surface area contributed by atoms with Gasteiger partial charge in [-0.05, 0) is 18.2 Å². The highest BCUT2D eigenvalue weighted by Gasteiger charge is 2.11. The van der Waals surface area contributed by atoms with Gasteiger partial charge in [0.15, 0.2) is 11.5 Å². The molecule has 2 amide bonds. The lowest BCUT2D eigenvalue weighted by Gasteiger charge is -2.10. The Morgan fingerprint density at radius 2 is 1.83 bits per heavy atom. The molecule has 0 bridgehead atoms. The molecule has 3 N–H and O–H groups in total. The Hall–Kier alpha value is -2.42. The minimum Gasteiger partial charge on any atom is -0.493 e. The fourth-order valence-electron chi connectivity index (χ4n) is 1.72. The van der Waals surface area contributed by atoms with E-state index in [4.69, 9.17) is 14.6 Å². The van der Waals surface area contributed by atoms with Gasteiger partial charge in [0.1, 0.15) is 0 Å². The van der Waals surface area contributed by atoms with Crippen LogP contribution in [0.1, 0.15) is 10.4 Å². The molecule has 0 aliphatic heterocycles. The molecule has 0 atom stereocenters. The third kappa shape index (κ3) is 6.78. The lowest BCUT2D eigenvalue weighted by molar-refractivity contribution is -0.133. The lowest BCUT2D eigenvalue weighted by Crippen LogP contribution is -2.37. The third-order valence-corrected chi connectivity index (χ3v) is 3.79. The van der Waals surface area contributed by atoms with Gasteiger partial charge in [-0.3, -0.25) is 14.4 Å². The van der Waals surface area contributed by atoms with Gasteiger partial charge in [-0.1, -0.05) is 0 Å². The topological polar surface area (TPSA) is 114 Å². The second kappa shape index (κ2) is 10.4. The summed E-state index contributed by atoms with van der Waals surface area (Å²) in [6.45, 7) is 0.166. The van der Waals surface area contributed by atoms with Gasteiger partial charge in [-0.25, -0.2) is 0 Å². The Kier molecular flexibility index (Phi) is 8.48. The highest BCUT2D eigenvalue weighted by Crippen LogP contribution is 2.27. The number of carbonyl (C=O) groups excluding carboxylic acids is 2. The van der Waals surface area contributed by atoms with Crippen LogP contribution in [-0.2, 0) is 9.59 Å². The summed E-state index contributed by atoms with van der Waals surface area (Å²) in [5, 5.41) is 13.6. The minimum absolute atomic E-state index is 0.00803. The van der Waals surface area contributed by atoms with E-state index in [1.807, 2.05) is 0 Å². The molecule has 0 aromatic heterocycles. The fraction of sp³-hybridized carbons (Fsp3) is 0.400. The predicted octanol–water partition coefficient (Wildman–Crippen LogP) is 0.368. The smallest absolute Gasteiger partial charge is 0.313 e. The third-order valence-electron chi connectivity index (χ3n) is 2.85. The van der Waals surface area contributed by atoms with Gasteiger partial charge in [0.2, 0.25) is 5.91 Å². The molecule has 0 aliphatic rings. The van der Waals surface area contributed by atoms with Crippen molar-refractivity contribution in [3.05, 3.63) is 23.8 Å². The van der Waals surface area contributed by atoms with Crippen LogP contribution >= 0.6 is 11.8 Å². The van der Waals surface area contributed by atoms with Crippen molar-refractivity contribution in [2.24, 2.45) is 0 Å². The summed E-state index contributed by atoms with van der Waals surface area (Å²) in [4.78, 5) is 33.9. The number of ether oxygens (including phenoxy) is 2. The maximum atomic E-state index is 12.0. The monoisotopic (exact) mass is 356 g/mol. The van der Waals surface area contributed by atoms with Crippen LogP contribution in [0.25, 0.3) is 0 Å². The number of nitrogens with one attached hydrogen (secondary N) is 2. The number of carboxylic acid groups (broad SMARTS) is 1. The van der Waals surface area contributed by atoms with Crippen molar-refractivity contribution in [2.75, 3.05) is 38.8 Å². The van der Waals surface area contributed by atoms with E-state index in [9.17, 15) is 14.4 Å². The molecular formula is C15H20N2O6S. The zero-order valence-corrected chi connectivity index (χ0v) is 14.3. The first-order chi connectivity index (χ1) is 11.5. The molecule has 1 aromatic carbocycles. The Labute approximate surface area is 143 Å². The molecule has 8 nitrogen and oxygen atoms in total. The van der Waals surface area contributed by atoms with E-state index in [0.29, 0.717) is 29.4 Å². The number of hydrogen-bond donors (Lipinski definition) is 3. The van der Waals surface area contributed by atoms with Crippen LogP contribution in [0.4, 0.5) is 0 Å². The van der Waals surface area contributed by atoms with Crippen molar-refractivity contribution < 1.29 is 29.0 Å². The van der Waals surface area contributed by atoms with Gasteiger partial charge in [0, 0.05) is 17.9 Å². The Morgan fingerprint density at radius 3 is 2.46 bits per heavy atom. The van der Waals surface area contributed by atoms with Crippen LogP contribution in [0.5, 0.6) is 11.5 Å². The normalized spacial score (nSPS) is 9.92. The number of benzene rings is 1. The summed E-state index contributed by atoms with van der Waals surface area (Å²) in [5.74, 6) is -0.247. The minimum atomic E-state index is -0.895. The molecule has 0 saturated heterocycles. The second-order valence-corrected chi connectivity index (χ2v) is 5.65. The SMILES string of the molecule is COc1ccc(C(=O)NCC(=O)NCCSCC(=O)O)cc1OC. The van der Waals surface area contributed by atoms with Gasteiger partial charge in [-0.15, -0.1) is 11.8 Å². The number of aliphatic carboxylic acids is 1. The van der Waals surface area contributed by atoms with Crippen LogP contribution in [0.15, 0.2) is 18.2 Å². The maximum absolute atomic E-state index is 12.0. The average molecular weight is 356 g/mol. The van der Waals surface area contributed by atoms with E-state index in [1.54, 1.807) is 12.1 Å². The maximum Gasteiger partial charge on any atom is 0.313 e. The molecule has 132 valence electrons. The van der Waals surface area contributed by atoms with E-state index >= 15 is 0 Å². The summed E-state index contributed by atoms with van der Waals surface area (Å²) < 4.78 is 10.2. The van der Waals surface area contributed by atoms with E-state index in [-0.39, 0.29) is 18.2 Å². The Bertz CT molecular complexity index is 593. The molecule has 1 rings (SSSR count). The number of amides is 2. The van der Waals surface area contributed by atoms with Crippen molar-refractivity contribution in [1.29, 1.82) is 0 Å². The quantitative estimate of drug-likeness (QED) is 0.519. The summed E-state index contributed by atoms with van der Waals surface area (Å²) in [5.41, 5.74) is 0.345. The molecule has 9 heteroatoms. The van der Waals surface area contributed by atoms with Crippen LogP contribution < -0.4 is 20.1 Å². The van der Waals surface area contributed by atoms with Gasteiger partial charge in [-0.2, -0.15) is 0 Å². The van der Waals surface area contributed by atoms with Gasteiger partial charge >= 0.3 is 5.97 Å². The van der Waals surface area contributed by atoms with E-state index < -0.39 is 11.9 Å². The predicted molar refractivity (Wildman–Crippen MR) is 89.8 cm³/mol. The summed E-state index contributed by atoms with van der Waals surface area (Å²) >= 11 is 1.20. The number of carboxylic acids is 1. The van der Waals surface area contributed by atoms with Crippen LogP contribution in [0.2, 0.25) is 0 Å². The van der Waals surface area contributed by atoms with Crippen LogP contribution in [-0.4, -0.2) is 61.7 Å². The molecule has 24 heavy (non-hydrogen) atoms. The molecule has 0 saturated carbocycles. The van der Waals surface area contributed by atoms with E-state index in [0.717, 1.165) is 0 Å². The van der Waals surface area contributed by atoms with Crippen molar-refractivity contribution in [2.45, 2.75) is 0 Å². The molecule has 0 radical (unpaired) electrons. The average Bonchev–Trinajstić information content (AvgIpc) is 2.58. The Balaban J connectivity index is 2.37. The molecular weight excluding hydrogens is 336 g/mol. The van der Waals surface area contributed by atoms with Gasteiger partial charge in [0.25, 0.3) is 5.91 Å². The highest BCUT2D eigenvalue weighted by atomic mass is 32.2. The lowest BCUT2D eigenvalue weighted by atomic mass is 10.2. The molecule has 0 heterocycles. The molecule has 1 aromatic rings. The zero-order chi connectivity index (χ0) is 17.9.